The maximum Gasteiger partial charge on any atom is 0.253 e. The van der Waals surface area contributed by atoms with E-state index >= 15 is 0 Å². The number of hydrogen-bond donors (Lipinski definition) is 2. The van der Waals surface area contributed by atoms with E-state index in [9.17, 15) is 14.4 Å². The fraction of sp³-hybridized carbons (Fsp3) is 0.550. The van der Waals surface area contributed by atoms with Gasteiger partial charge < -0.3 is 15.5 Å². The molecular formula is C20H29N3O3. The van der Waals surface area contributed by atoms with E-state index in [2.05, 4.69) is 10.6 Å². The highest BCUT2D eigenvalue weighted by atomic mass is 16.2. The number of nitrogens with one attached hydrogen (secondary N) is 2. The monoisotopic (exact) mass is 359 g/mol. The highest BCUT2D eigenvalue weighted by Crippen LogP contribution is 2.14. The molecule has 1 saturated heterocycles. The summed E-state index contributed by atoms with van der Waals surface area (Å²) in [6.45, 7) is 7.20. The lowest BCUT2D eigenvalue weighted by Crippen LogP contribution is -2.48. The molecule has 6 nitrogen and oxygen atoms in total. The number of rotatable bonds is 6. The normalized spacial score (nSPS) is 15.5. The maximum absolute atomic E-state index is 12.5. The molecule has 26 heavy (non-hydrogen) atoms. The van der Waals surface area contributed by atoms with E-state index < -0.39 is 6.04 Å². The second-order valence-corrected chi connectivity index (χ2v) is 7.19. The maximum atomic E-state index is 12.5. The number of piperidine rings is 1. The lowest BCUT2D eigenvalue weighted by molar-refractivity contribution is -0.129. The Labute approximate surface area is 155 Å². The van der Waals surface area contributed by atoms with Crippen LogP contribution in [0.25, 0.3) is 0 Å². The molecule has 0 aliphatic carbocycles. The Bertz CT molecular complexity index is 634. The van der Waals surface area contributed by atoms with Crippen molar-refractivity contribution >= 4 is 17.7 Å². The summed E-state index contributed by atoms with van der Waals surface area (Å²) in [5, 5.41) is 5.52. The number of amides is 3. The summed E-state index contributed by atoms with van der Waals surface area (Å²) in [7, 11) is 0. The van der Waals surface area contributed by atoms with Crippen LogP contribution >= 0.6 is 0 Å². The molecule has 1 heterocycles. The third-order valence-electron chi connectivity index (χ3n) is 4.62. The SMILES string of the molecule is CC(=O)NC(C(=O)NCc1ccc(C(=O)N2CCCCC2)cc1)C(C)C. The molecule has 1 aromatic carbocycles. The van der Waals surface area contributed by atoms with Crippen molar-refractivity contribution in [3.63, 3.8) is 0 Å². The predicted molar refractivity (Wildman–Crippen MR) is 100 cm³/mol. The molecule has 142 valence electrons. The minimum absolute atomic E-state index is 0.00319. The fourth-order valence-corrected chi connectivity index (χ4v) is 3.10. The van der Waals surface area contributed by atoms with Crippen molar-refractivity contribution in [1.82, 2.24) is 15.5 Å². The molecule has 1 unspecified atom stereocenters. The topological polar surface area (TPSA) is 78.5 Å². The standard InChI is InChI=1S/C20H29N3O3/c1-14(2)18(22-15(3)24)19(25)21-13-16-7-9-17(10-8-16)20(26)23-11-5-4-6-12-23/h7-10,14,18H,4-6,11-13H2,1-3H3,(H,21,25)(H,22,24). The minimum Gasteiger partial charge on any atom is -0.350 e. The van der Waals surface area contributed by atoms with Gasteiger partial charge in [-0.2, -0.15) is 0 Å². The zero-order valence-electron chi connectivity index (χ0n) is 15.9. The van der Waals surface area contributed by atoms with E-state index in [1.807, 2.05) is 43.0 Å². The van der Waals surface area contributed by atoms with Gasteiger partial charge in [0, 0.05) is 32.1 Å². The first-order valence-corrected chi connectivity index (χ1v) is 9.31. The van der Waals surface area contributed by atoms with Crippen LogP contribution < -0.4 is 10.6 Å². The molecule has 1 aromatic rings. The van der Waals surface area contributed by atoms with E-state index in [-0.39, 0.29) is 23.6 Å². The van der Waals surface area contributed by atoms with Gasteiger partial charge in [0.2, 0.25) is 11.8 Å². The largest absolute Gasteiger partial charge is 0.350 e. The molecule has 0 aromatic heterocycles. The minimum atomic E-state index is -0.549. The van der Waals surface area contributed by atoms with Gasteiger partial charge in [-0.05, 0) is 42.9 Å². The van der Waals surface area contributed by atoms with Crippen LogP contribution in [-0.4, -0.2) is 41.8 Å². The zero-order chi connectivity index (χ0) is 19.1. The lowest BCUT2D eigenvalue weighted by atomic mass is 10.0. The van der Waals surface area contributed by atoms with Crippen LogP contribution in [0.15, 0.2) is 24.3 Å². The average molecular weight is 359 g/mol. The summed E-state index contributed by atoms with van der Waals surface area (Å²) in [5.74, 6) is -0.350. The first-order valence-electron chi connectivity index (χ1n) is 9.31. The fourth-order valence-electron chi connectivity index (χ4n) is 3.10. The van der Waals surface area contributed by atoms with Gasteiger partial charge in [-0.25, -0.2) is 0 Å². The molecule has 0 spiro atoms. The van der Waals surface area contributed by atoms with E-state index in [1.54, 1.807) is 0 Å². The van der Waals surface area contributed by atoms with Gasteiger partial charge in [0.05, 0.1) is 0 Å². The quantitative estimate of drug-likeness (QED) is 0.816. The third kappa shape index (κ3) is 5.58. The van der Waals surface area contributed by atoms with Gasteiger partial charge in [-0.1, -0.05) is 26.0 Å². The molecule has 0 bridgehead atoms. The lowest BCUT2D eigenvalue weighted by Gasteiger charge is -2.26. The van der Waals surface area contributed by atoms with Gasteiger partial charge in [0.1, 0.15) is 6.04 Å². The van der Waals surface area contributed by atoms with Gasteiger partial charge in [0.25, 0.3) is 5.91 Å². The first kappa shape index (κ1) is 19.9. The summed E-state index contributed by atoms with van der Waals surface area (Å²) < 4.78 is 0. The van der Waals surface area contributed by atoms with Crippen molar-refractivity contribution < 1.29 is 14.4 Å². The number of carbonyl (C=O) groups is 3. The number of benzene rings is 1. The summed E-state index contributed by atoms with van der Waals surface area (Å²) in [5.41, 5.74) is 1.60. The number of carbonyl (C=O) groups excluding carboxylic acids is 3. The van der Waals surface area contributed by atoms with E-state index in [4.69, 9.17) is 0 Å². The van der Waals surface area contributed by atoms with E-state index in [0.29, 0.717) is 12.1 Å². The van der Waals surface area contributed by atoms with Gasteiger partial charge >= 0.3 is 0 Å². The van der Waals surface area contributed by atoms with Crippen molar-refractivity contribution in [2.24, 2.45) is 5.92 Å². The second-order valence-electron chi connectivity index (χ2n) is 7.19. The molecule has 0 radical (unpaired) electrons. The van der Waals surface area contributed by atoms with Crippen LogP contribution in [0.2, 0.25) is 0 Å². The molecular weight excluding hydrogens is 330 g/mol. The van der Waals surface area contributed by atoms with Crippen molar-refractivity contribution in [2.45, 2.75) is 52.6 Å². The smallest absolute Gasteiger partial charge is 0.253 e. The Morgan fingerprint density at radius 3 is 2.19 bits per heavy atom. The van der Waals surface area contributed by atoms with Gasteiger partial charge in [-0.15, -0.1) is 0 Å². The Balaban J connectivity index is 1.91. The molecule has 2 rings (SSSR count). The Kier molecular flexibility index (Phi) is 7.18. The summed E-state index contributed by atoms with van der Waals surface area (Å²) in [6.07, 6.45) is 3.33. The van der Waals surface area contributed by atoms with Crippen LogP contribution in [-0.2, 0) is 16.1 Å². The highest BCUT2D eigenvalue weighted by molar-refractivity contribution is 5.94. The predicted octanol–water partition coefficient (Wildman–Crippen LogP) is 2.09. The Morgan fingerprint density at radius 1 is 1.04 bits per heavy atom. The van der Waals surface area contributed by atoms with Crippen LogP contribution in [0.4, 0.5) is 0 Å². The van der Waals surface area contributed by atoms with Crippen molar-refractivity contribution in [1.29, 1.82) is 0 Å². The molecule has 2 N–H and O–H groups in total. The van der Waals surface area contributed by atoms with Crippen LogP contribution in [0.5, 0.6) is 0 Å². The van der Waals surface area contributed by atoms with Gasteiger partial charge in [-0.3, -0.25) is 14.4 Å². The molecule has 1 aliphatic rings. The molecule has 0 saturated carbocycles. The highest BCUT2D eigenvalue weighted by Gasteiger charge is 2.22. The number of likely N-dealkylation sites (tertiary alicyclic amines) is 1. The van der Waals surface area contributed by atoms with Crippen molar-refractivity contribution in [3.8, 4) is 0 Å². The number of hydrogen-bond acceptors (Lipinski definition) is 3. The second kappa shape index (κ2) is 9.36. The van der Waals surface area contributed by atoms with Gasteiger partial charge in [0.15, 0.2) is 0 Å². The molecule has 3 amide bonds. The third-order valence-corrected chi connectivity index (χ3v) is 4.62. The summed E-state index contributed by atoms with van der Waals surface area (Å²) in [4.78, 5) is 37.9. The van der Waals surface area contributed by atoms with E-state index in [1.165, 1.54) is 13.3 Å². The van der Waals surface area contributed by atoms with Crippen molar-refractivity contribution in [3.05, 3.63) is 35.4 Å². The van der Waals surface area contributed by atoms with E-state index in [0.717, 1.165) is 31.5 Å². The average Bonchev–Trinajstić information content (AvgIpc) is 2.64. The zero-order valence-corrected chi connectivity index (χ0v) is 15.9. The summed E-state index contributed by atoms with van der Waals surface area (Å²) in [6, 6.07) is 6.80. The molecule has 1 aliphatic heterocycles. The Hall–Kier alpha value is -2.37. The number of nitrogens with zero attached hydrogens (tertiary/aromatic N) is 1. The summed E-state index contributed by atoms with van der Waals surface area (Å²) >= 11 is 0. The Morgan fingerprint density at radius 2 is 1.65 bits per heavy atom. The van der Waals surface area contributed by atoms with Crippen LogP contribution in [0.3, 0.4) is 0 Å². The van der Waals surface area contributed by atoms with Crippen LogP contribution in [0, 0.1) is 5.92 Å². The molecule has 1 fully saturated rings. The van der Waals surface area contributed by atoms with Crippen LogP contribution in [0.1, 0.15) is 56.0 Å². The van der Waals surface area contributed by atoms with Crippen molar-refractivity contribution in [2.75, 3.05) is 13.1 Å². The molecule has 6 heteroatoms. The first-order chi connectivity index (χ1) is 12.4. The molecule has 1 atom stereocenters.